The van der Waals surface area contributed by atoms with E-state index in [2.05, 4.69) is 4.74 Å². The van der Waals surface area contributed by atoms with Gasteiger partial charge in [-0.25, -0.2) is 0 Å². The Balaban J connectivity index is 0.000000231. The highest BCUT2D eigenvalue weighted by Gasteiger charge is 2.31. The Labute approximate surface area is 129 Å². The first-order chi connectivity index (χ1) is 10.5. The first-order valence-corrected chi connectivity index (χ1v) is 6.43. The topological polar surface area (TPSA) is 9.23 Å². The van der Waals surface area contributed by atoms with Crippen molar-refractivity contribution in [3.63, 3.8) is 0 Å². The van der Waals surface area contributed by atoms with Gasteiger partial charge in [-0.1, -0.05) is 29.8 Å². The Hall–Kier alpha value is -2.18. The Morgan fingerprint density at radius 3 is 1.74 bits per heavy atom. The first kappa shape index (κ1) is 18.9. The molecular formula is C16H14F6O. The highest BCUT2D eigenvalue weighted by atomic mass is 19.4. The zero-order chi connectivity index (χ0) is 17.7. The summed E-state index contributed by atoms with van der Waals surface area (Å²) in [7, 11) is 0. The summed E-state index contributed by atoms with van der Waals surface area (Å²) in [5.41, 5.74) is 0.970. The molecule has 0 radical (unpaired) electrons. The predicted molar refractivity (Wildman–Crippen MR) is 74.0 cm³/mol. The molecule has 7 heteroatoms. The summed E-state index contributed by atoms with van der Waals surface area (Å²) in [6, 6.07) is 10.9. The van der Waals surface area contributed by atoms with Gasteiger partial charge in [0.25, 0.3) is 0 Å². The minimum absolute atomic E-state index is 0.178. The molecule has 2 aromatic carbocycles. The van der Waals surface area contributed by atoms with Gasteiger partial charge in [0.1, 0.15) is 5.75 Å². The van der Waals surface area contributed by atoms with Gasteiger partial charge in [-0.2, -0.15) is 13.2 Å². The van der Waals surface area contributed by atoms with E-state index in [1.807, 2.05) is 0 Å². The maximum Gasteiger partial charge on any atom is 0.573 e. The summed E-state index contributed by atoms with van der Waals surface area (Å²) in [4.78, 5) is 0. The molecule has 0 N–H and O–H groups in total. The normalized spacial score (nSPS) is 11.5. The van der Waals surface area contributed by atoms with Crippen LogP contribution in [0, 0.1) is 13.8 Å². The molecule has 0 aliphatic heterocycles. The highest BCUT2D eigenvalue weighted by molar-refractivity contribution is 5.27. The molecule has 0 bridgehead atoms. The molecule has 0 aliphatic carbocycles. The van der Waals surface area contributed by atoms with Crippen molar-refractivity contribution in [2.75, 3.05) is 0 Å². The maximum atomic E-state index is 11.9. The Kier molecular flexibility index (Phi) is 6.06. The summed E-state index contributed by atoms with van der Waals surface area (Å²) in [6.45, 7) is 3.45. The quantitative estimate of drug-likeness (QED) is 0.589. The zero-order valence-corrected chi connectivity index (χ0v) is 12.3. The molecule has 0 aliphatic rings. The first-order valence-electron chi connectivity index (χ1n) is 6.43. The monoisotopic (exact) mass is 336 g/mol. The van der Waals surface area contributed by atoms with Crippen molar-refractivity contribution in [3.05, 3.63) is 65.2 Å². The maximum absolute atomic E-state index is 11.9. The van der Waals surface area contributed by atoms with Gasteiger partial charge in [0.05, 0.1) is 5.56 Å². The van der Waals surface area contributed by atoms with Crippen molar-refractivity contribution in [1.82, 2.24) is 0 Å². The van der Waals surface area contributed by atoms with Gasteiger partial charge in [0.15, 0.2) is 0 Å². The summed E-state index contributed by atoms with van der Waals surface area (Å²) < 4.78 is 74.4. The molecule has 0 heterocycles. The molecule has 0 fully saturated rings. The number of hydrogen-bond donors (Lipinski definition) is 0. The molecular weight excluding hydrogens is 322 g/mol. The number of benzene rings is 2. The second-order valence-corrected chi connectivity index (χ2v) is 4.73. The molecule has 0 unspecified atom stereocenters. The fourth-order valence-corrected chi connectivity index (χ4v) is 1.56. The van der Waals surface area contributed by atoms with Gasteiger partial charge >= 0.3 is 12.5 Å². The van der Waals surface area contributed by atoms with Crippen LogP contribution in [-0.2, 0) is 6.18 Å². The number of ether oxygens (including phenoxy) is 1. The fourth-order valence-electron chi connectivity index (χ4n) is 1.56. The van der Waals surface area contributed by atoms with Crippen molar-refractivity contribution in [1.29, 1.82) is 0 Å². The Bertz CT molecular complexity index is 614. The smallest absolute Gasteiger partial charge is 0.406 e. The van der Waals surface area contributed by atoms with Crippen LogP contribution in [-0.4, -0.2) is 6.36 Å². The van der Waals surface area contributed by atoms with E-state index in [4.69, 9.17) is 0 Å². The van der Waals surface area contributed by atoms with E-state index in [1.54, 1.807) is 19.9 Å². The van der Waals surface area contributed by atoms with Gasteiger partial charge < -0.3 is 4.74 Å². The van der Waals surface area contributed by atoms with Crippen LogP contribution in [0.1, 0.15) is 16.7 Å². The van der Waals surface area contributed by atoms with Gasteiger partial charge in [-0.15, -0.1) is 13.2 Å². The van der Waals surface area contributed by atoms with Crippen molar-refractivity contribution in [2.24, 2.45) is 0 Å². The molecule has 126 valence electrons. The predicted octanol–water partition coefficient (Wildman–Crippen LogP) is 5.91. The molecule has 23 heavy (non-hydrogen) atoms. The van der Waals surface area contributed by atoms with E-state index in [-0.39, 0.29) is 5.75 Å². The van der Waals surface area contributed by atoms with E-state index in [0.29, 0.717) is 0 Å². The van der Waals surface area contributed by atoms with Crippen LogP contribution in [0.4, 0.5) is 26.3 Å². The lowest BCUT2D eigenvalue weighted by Crippen LogP contribution is -2.17. The van der Waals surface area contributed by atoms with Crippen LogP contribution in [0.5, 0.6) is 5.75 Å². The van der Waals surface area contributed by atoms with Crippen LogP contribution in [0.25, 0.3) is 0 Å². The van der Waals surface area contributed by atoms with Crippen molar-refractivity contribution in [2.45, 2.75) is 26.4 Å². The third kappa shape index (κ3) is 7.58. The third-order valence-electron chi connectivity index (χ3n) is 2.60. The molecule has 2 aromatic rings. The van der Waals surface area contributed by atoms with Crippen molar-refractivity contribution < 1.29 is 31.1 Å². The summed E-state index contributed by atoms with van der Waals surface area (Å²) >= 11 is 0. The minimum atomic E-state index is -4.60. The van der Waals surface area contributed by atoms with Crippen LogP contribution in [0.2, 0.25) is 0 Å². The number of halogens is 6. The van der Waals surface area contributed by atoms with Crippen LogP contribution in [0.3, 0.4) is 0 Å². The minimum Gasteiger partial charge on any atom is -0.406 e. The molecule has 0 aromatic heterocycles. The Morgan fingerprint density at radius 1 is 0.739 bits per heavy atom. The second-order valence-electron chi connectivity index (χ2n) is 4.73. The lowest BCUT2D eigenvalue weighted by Gasteiger charge is -2.08. The van der Waals surface area contributed by atoms with Gasteiger partial charge in [0, 0.05) is 0 Å². The molecule has 1 nitrogen and oxygen atoms in total. The van der Waals surface area contributed by atoms with Gasteiger partial charge in [0.2, 0.25) is 0 Å². The summed E-state index contributed by atoms with van der Waals surface area (Å²) in [5.74, 6) is -0.178. The fraction of sp³-hybridized carbons (Fsp3) is 0.250. The van der Waals surface area contributed by atoms with Crippen LogP contribution >= 0.6 is 0 Å². The Morgan fingerprint density at radius 2 is 1.30 bits per heavy atom. The lowest BCUT2D eigenvalue weighted by atomic mass is 10.1. The second kappa shape index (κ2) is 7.39. The summed E-state index contributed by atoms with van der Waals surface area (Å²) in [6.07, 6.45) is -8.82. The molecule has 0 amide bonds. The van der Waals surface area contributed by atoms with Crippen LogP contribution < -0.4 is 4.74 Å². The highest BCUT2D eigenvalue weighted by Crippen LogP contribution is 2.28. The van der Waals surface area contributed by atoms with Crippen molar-refractivity contribution in [3.8, 4) is 5.75 Å². The average Bonchev–Trinajstić information content (AvgIpc) is 2.36. The average molecular weight is 336 g/mol. The number of alkyl halides is 6. The lowest BCUT2D eigenvalue weighted by molar-refractivity contribution is -0.274. The largest absolute Gasteiger partial charge is 0.573 e. The van der Waals surface area contributed by atoms with Crippen LogP contribution in [0.15, 0.2) is 48.5 Å². The van der Waals surface area contributed by atoms with E-state index in [9.17, 15) is 26.3 Å². The third-order valence-corrected chi connectivity index (χ3v) is 2.60. The number of rotatable bonds is 1. The van der Waals surface area contributed by atoms with E-state index < -0.39 is 18.1 Å². The van der Waals surface area contributed by atoms with Crippen molar-refractivity contribution >= 4 is 0 Å². The summed E-state index contributed by atoms with van der Waals surface area (Å²) in [5, 5.41) is 0. The van der Waals surface area contributed by atoms with Gasteiger partial charge in [-0.3, -0.25) is 0 Å². The number of aryl methyl sites for hydroxylation is 2. The van der Waals surface area contributed by atoms with Gasteiger partial charge in [-0.05, 0) is 43.7 Å². The van der Waals surface area contributed by atoms with E-state index in [0.717, 1.165) is 23.3 Å². The van der Waals surface area contributed by atoms with E-state index in [1.165, 1.54) is 30.3 Å². The number of hydrogen-bond acceptors (Lipinski definition) is 1. The molecule has 0 atom stereocenters. The zero-order valence-electron chi connectivity index (χ0n) is 12.3. The molecule has 2 rings (SSSR count). The standard InChI is InChI=1S/C8H7F3O.C8H7F3/c1-6-3-2-4-7(5-6)12-8(9,10)11;1-6-2-4-7(5-3-6)8(9,10)11/h2-5H,1H3;2-5H,1H3. The van der Waals surface area contributed by atoms with E-state index >= 15 is 0 Å². The molecule has 0 saturated heterocycles. The molecule has 0 saturated carbocycles. The molecule has 0 spiro atoms. The SMILES string of the molecule is Cc1ccc(C(F)(F)F)cc1.Cc1cccc(OC(F)(F)F)c1.